The summed E-state index contributed by atoms with van der Waals surface area (Å²) in [5.41, 5.74) is 6.93. The smallest absolute Gasteiger partial charge is 0.166 e. The summed E-state index contributed by atoms with van der Waals surface area (Å²) in [7, 11) is 0. The number of benzene rings is 3. The molecule has 0 fully saturated rings. The first-order chi connectivity index (χ1) is 11.3. The summed E-state index contributed by atoms with van der Waals surface area (Å²) < 4.78 is 0. The normalized spacial score (nSPS) is 16.4. The molecule has 0 heterocycles. The van der Waals surface area contributed by atoms with E-state index in [0.29, 0.717) is 0 Å². The molecule has 3 aromatic carbocycles. The minimum absolute atomic E-state index is 0.0926. The molecule has 1 aliphatic rings. The summed E-state index contributed by atoms with van der Waals surface area (Å²) in [6, 6.07) is 25.0. The van der Waals surface area contributed by atoms with Gasteiger partial charge in [0.15, 0.2) is 5.78 Å². The fourth-order valence-electron chi connectivity index (χ4n) is 3.54. The van der Waals surface area contributed by atoms with Gasteiger partial charge in [-0.2, -0.15) is 0 Å². The van der Waals surface area contributed by atoms with Crippen molar-refractivity contribution in [2.24, 2.45) is 5.92 Å². The van der Waals surface area contributed by atoms with Crippen LogP contribution in [0.1, 0.15) is 22.8 Å². The van der Waals surface area contributed by atoms with Gasteiger partial charge in [-0.3, -0.25) is 4.79 Å². The fourth-order valence-corrected chi connectivity index (χ4v) is 3.54. The van der Waals surface area contributed by atoms with Crippen molar-refractivity contribution in [3.05, 3.63) is 83.9 Å². The lowest BCUT2D eigenvalue weighted by Gasteiger charge is -2.13. The number of fused-ring (bicyclic) bond motifs is 1. The molecule has 0 aliphatic heterocycles. The zero-order valence-electron chi connectivity index (χ0n) is 13.1. The third kappa shape index (κ3) is 2.29. The van der Waals surface area contributed by atoms with Gasteiger partial charge in [0.2, 0.25) is 0 Å². The minimum Gasteiger partial charge on any atom is -0.294 e. The number of rotatable bonds is 2. The van der Waals surface area contributed by atoms with Crippen molar-refractivity contribution >= 4 is 5.78 Å². The van der Waals surface area contributed by atoms with Gasteiger partial charge in [0.1, 0.15) is 0 Å². The van der Waals surface area contributed by atoms with Gasteiger partial charge >= 0.3 is 0 Å². The van der Waals surface area contributed by atoms with Crippen molar-refractivity contribution in [2.45, 2.75) is 13.3 Å². The summed E-state index contributed by atoms with van der Waals surface area (Å²) >= 11 is 0. The number of Topliss-reactive ketones (excluding diaryl/α,β-unsaturated/α-hetero) is 1. The second kappa shape index (κ2) is 5.51. The van der Waals surface area contributed by atoms with Crippen LogP contribution in [0.15, 0.2) is 72.8 Å². The molecule has 0 amide bonds. The van der Waals surface area contributed by atoms with Crippen LogP contribution in [0, 0.1) is 5.92 Å². The molecule has 1 unspecified atom stereocenters. The molecule has 1 atom stereocenters. The van der Waals surface area contributed by atoms with E-state index in [2.05, 4.69) is 54.6 Å². The Morgan fingerprint density at radius 3 is 2.09 bits per heavy atom. The predicted molar refractivity (Wildman–Crippen MR) is 94.5 cm³/mol. The molecule has 0 aromatic heterocycles. The molecule has 0 N–H and O–H groups in total. The van der Waals surface area contributed by atoms with Gasteiger partial charge in [-0.05, 0) is 34.2 Å². The highest BCUT2D eigenvalue weighted by molar-refractivity contribution is 6.04. The lowest BCUT2D eigenvalue weighted by Crippen LogP contribution is -2.02. The zero-order chi connectivity index (χ0) is 15.8. The van der Waals surface area contributed by atoms with Crippen LogP contribution in [0.3, 0.4) is 0 Å². The van der Waals surface area contributed by atoms with E-state index in [9.17, 15) is 4.79 Å². The van der Waals surface area contributed by atoms with Gasteiger partial charge in [-0.1, -0.05) is 79.7 Å². The van der Waals surface area contributed by atoms with Crippen LogP contribution in [-0.2, 0) is 6.42 Å². The summed E-state index contributed by atoms with van der Waals surface area (Å²) in [5.74, 6) is 0.370. The molecule has 1 nitrogen and oxygen atoms in total. The Hall–Kier alpha value is -2.67. The SMILES string of the molecule is CC1Cc2c(cccc2-c2ccccc2-c2ccccc2)C1=O. The first kappa shape index (κ1) is 14.0. The van der Waals surface area contributed by atoms with Crippen LogP contribution < -0.4 is 0 Å². The van der Waals surface area contributed by atoms with Crippen molar-refractivity contribution in [3.63, 3.8) is 0 Å². The lowest BCUT2D eigenvalue weighted by atomic mass is 9.90. The Morgan fingerprint density at radius 2 is 1.30 bits per heavy atom. The van der Waals surface area contributed by atoms with E-state index in [-0.39, 0.29) is 11.7 Å². The molecule has 0 bridgehead atoms. The highest BCUT2D eigenvalue weighted by Crippen LogP contribution is 2.39. The number of hydrogen-bond acceptors (Lipinski definition) is 1. The van der Waals surface area contributed by atoms with Gasteiger partial charge in [-0.15, -0.1) is 0 Å². The monoisotopic (exact) mass is 298 g/mol. The second-order valence-corrected chi connectivity index (χ2v) is 6.21. The van der Waals surface area contributed by atoms with E-state index in [0.717, 1.165) is 12.0 Å². The molecule has 0 saturated heterocycles. The van der Waals surface area contributed by atoms with Crippen LogP contribution in [0.5, 0.6) is 0 Å². The van der Waals surface area contributed by atoms with Crippen molar-refractivity contribution in [3.8, 4) is 22.3 Å². The van der Waals surface area contributed by atoms with Crippen molar-refractivity contribution in [1.29, 1.82) is 0 Å². The maximum absolute atomic E-state index is 12.3. The Bertz CT molecular complexity index is 877. The molecule has 0 saturated carbocycles. The molecule has 3 aromatic rings. The highest BCUT2D eigenvalue weighted by atomic mass is 16.1. The Morgan fingerprint density at radius 1 is 0.696 bits per heavy atom. The van der Waals surface area contributed by atoms with Gasteiger partial charge in [0, 0.05) is 11.5 Å². The van der Waals surface area contributed by atoms with E-state index < -0.39 is 0 Å². The Balaban J connectivity index is 1.93. The molecule has 4 rings (SSSR count). The Labute approximate surface area is 136 Å². The summed E-state index contributed by atoms with van der Waals surface area (Å²) in [4.78, 5) is 12.3. The fraction of sp³-hybridized carbons (Fsp3) is 0.136. The van der Waals surface area contributed by atoms with E-state index >= 15 is 0 Å². The number of ketones is 1. The molecule has 23 heavy (non-hydrogen) atoms. The highest BCUT2D eigenvalue weighted by Gasteiger charge is 2.29. The van der Waals surface area contributed by atoms with Crippen LogP contribution in [-0.4, -0.2) is 5.78 Å². The van der Waals surface area contributed by atoms with Crippen LogP contribution in [0.25, 0.3) is 22.3 Å². The van der Waals surface area contributed by atoms with Crippen LogP contribution >= 0.6 is 0 Å². The molecular formula is C22H18O. The van der Waals surface area contributed by atoms with Gasteiger partial charge < -0.3 is 0 Å². The van der Waals surface area contributed by atoms with Crippen LogP contribution in [0.4, 0.5) is 0 Å². The van der Waals surface area contributed by atoms with Crippen LogP contribution in [0.2, 0.25) is 0 Å². The summed E-state index contributed by atoms with van der Waals surface area (Å²) in [6.07, 6.45) is 0.841. The number of hydrogen-bond donors (Lipinski definition) is 0. The average Bonchev–Trinajstić information content (AvgIpc) is 2.90. The van der Waals surface area contributed by atoms with E-state index in [1.165, 1.54) is 27.8 Å². The maximum atomic E-state index is 12.3. The lowest BCUT2D eigenvalue weighted by molar-refractivity contribution is 0.0946. The molecule has 0 spiro atoms. The largest absolute Gasteiger partial charge is 0.294 e. The third-order valence-electron chi connectivity index (χ3n) is 4.70. The number of carbonyl (C=O) groups excluding carboxylic acids is 1. The number of carbonyl (C=O) groups is 1. The van der Waals surface area contributed by atoms with Crippen molar-refractivity contribution in [1.82, 2.24) is 0 Å². The van der Waals surface area contributed by atoms with Gasteiger partial charge in [-0.25, -0.2) is 0 Å². The quantitative estimate of drug-likeness (QED) is 0.619. The third-order valence-corrected chi connectivity index (χ3v) is 4.70. The van der Waals surface area contributed by atoms with Gasteiger partial charge in [0.05, 0.1) is 0 Å². The standard InChI is InChI=1S/C22H18O/c1-15-14-21-19(12-7-13-20(21)22(15)23)18-11-6-5-10-17(18)16-8-3-2-4-9-16/h2-13,15H,14H2,1H3. The van der Waals surface area contributed by atoms with E-state index in [1.54, 1.807) is 0 Å². The summed E-state index contributed by atoms with van der Waals surface area (Å²) in [5, 5.41) is 0. The topological polar surface area (TPSA) is 17.1 Å². The molecule has 1 aliphatic carbocycles. The van der Waals surface area contributed by atoms with E-state index in [4.69, 9.17) is 0 Å². The van der Waals surface area contributed by atoms with E-state index in [1.807, 2.05) is 25.1 Å². The minimum atomic E-state index is 0.0926. The maximum Gasteiger partial charge on any atom is 0.166 e. The first-order valence-corrected chi connectivity index (χ1v) is 8.06. The molecule has 0 radical (unpaired) electrons. The van der Waals surface area contributed by atoms with Gasteiger partial charge in [0.25, 0.3) is 0 Å². The first-order valence-electron chi connectivity index (χ1n) is 8.06. The molecule has 1 heteroatoms. The molecular weight excluding hydrogens is 280 g/mol. The zero-order valence-corrected chi connectivity index (χ0v) is 13.1. The predicted octanol–water partition coefficient (Wildman–Crippen LogP) is 5.40. The summed E-state index contributed by atoms with van der Waals surface area (Å²) in [6.45, 7) is 2.02. The Kier molecular flexibility index (Phi) is 3.34. The molecule has 112 valence electrons. The second-order valence-electron chi connectivity index (χ2n) is 6.21. The van der Waals surface area contributed by atoms with Crippen molar-refractivity contribution in [2.75, 3.05) is 0 Å². The average molecular weight is 298 g/mol. The van der Waals surface area contributed by atoms with Crippen molar-refractivity contribution < 1.29 is 4.79 Å².